The van der Waals surface area contributed by atoms with Crippen LogP contribution in [0.15, 0.2) is 22.7 Å². The Bertz CT molecular complexity index is 402. The number of hydrogen-bond donors (Lipinski definition) is 1. The van der Waals surface area contributed by atoms with E-state index < -0.39 is 11.7 Å². The molecule has 0 saturated carbocycles. The van der Waals surface area contributed by atoms with Crippen molar-refractivity contribution >= 4 is 15.9 Å². The Hall–Kier alpha value is -0.550. The van der Waals surface area contributed by atoms with Crippen molar-refractivity contribution in [3.63, 3.8) is 0 Å². The quantitative estimate of drug-likeness (QED) is 0.841. The topological polar surface area (TPSA) is 12.0 Å². The highest BCUT2D eigenvalue weighted by Crippen LogP contribution is 2.35. The third-order valence-corrected chi connectivity index (χ3v) is 3.48. The van der Waals surface area contributed by atoms with E-state index in [2.05, 4.69) is 21.2 Å². The third-order valence-electron chi connectivity index (χ3n) is 2.75. The fourth-order valence-electron chi connectivity index (χ4n) is 1.86. The van der Waals surface area contributed by atoms with Gasteiger partial charge in [0.2, 0.25) is 0 Å². The first-order chi connectivity index (χ1) is 8.25. The van der Waals surface area contributed by atoms with Gasteiger partial charge in [-0.3, -0.25) is 0 Å². The normalized spacial score (nSPS) is 14.0. The van der Waals surface area contributed by atoms with Gasteiger partial charge < -0.3 is 5.32 Å². The average Bonchev–Trinajstić information content (AvgIpc) is 2.25. The number of halogens is 4. The first kappa shape index (κ1) is 15.5. The molecule has 0 fully saturated rings. The monoisotopic (exact) mass is 323 g/mol. The molecule has 1 N–H and O–H groups in total. The highest BCUT2D eigenvalue weighted by molar-refractivity contribution is 9.10. The maximum Gasteiger partial charge on any atom is 0.416 e. The second kappa shape index (κ2) is 6.06. The first-order valence-corrected chi connectivity index (χ1v) is 6.59. The molecule has 1 atom stereocenters. The van der Waals surface area contributed by atoms with Crippen LogP contribution in [-0.2, 0) is 6.18 Å². The Morgan fingerprint density at radius 2 is 1.89 bits per heavy atom. The lowest BCUT2D eigenvalue weighted by atomic mass is 9.96. The second-order valence-corrected chi connectivity index (χ2v) is 5.56. The van der Waals surface area contributed by atoms with E-state index in [0.717, 1.165) is 12.5 Å². The molecule has 0 spiro atoms. The molecule has 1 aromatic rings. The molecule has 5 heteroatoms. The summed E-state index contributed by atoms with van der Waals surface area (Å²) in [4.78, 5) is 0. The van der Waals surface area contributed by atoms with Crippen molar-refractivity contribution in [3.05, 3.63) is 33.8 Å². The minimum absolute atomic E-state index is 0.0818. The van der Waals surface area contributed by atoms with Crippen LogP contribution >= 0.6 is 15.9 Å². The maximum absolute atomic E-state index is 12.7. The Kier molecular flexibility index (Phi) is 5.22. The highest BCUT2D eigenvalue weighted by atomic mass is 79.9. The van der Waals surface area contributed by atoms with Gasteiger partial charge in [-0.05, 0) is 43.1 Å². The van der Waals surface area contributed by atoms with Crippen molar-refractivity contribution < 1.29 is 13.2 Å². The van der Waals surface area contributed by atoms with Gasteiger partial charge >= 0.3 is 6.18 Å². The number of benzene rings is 1. The Morgan fingerprint density at radius 3 is 2.33 bits per heavy atom. The van der Waals surface area contributed by atoms with Crippen LogP contribution in [0.5, 0.6) is 0 Å². The molecule has 0 aromatic heterocycles. The molecule has 0 saturated heterocycles. The number of nitrogens with one attached hydrogen (secondary N) is 1. The lowest BCUT2D eigenvalue weighted by Gasteiger charge is -2.21. The smallest absolute Gasteiger partial charge is 0.313 e. The summed E-state index contributed by atoms with van der Waals surface area (Å²) >= 11 is 3.32. The minimum atomic E-state index is -4.30. The van der Waals surface area contributed by atoms with E-state index >= 15 is 0 Å². The maximum atomic E-state index is 12.7. The number of alkyl halides is 3. The van der Waals surface area contributed by atoms with Crippen LogP contribution in [-0.4, -0.2) is 7.05 Å². The molecule has 0 heterocycles. The van der Waals surface area contributed by atoms with E-state index in [1.54, 1.807) is 7.05 Å². The van der Waals surface area contributed by atoms with Gasteiger partial charge in [-0.25, -0.2) is 0 Å². The SMILES string of the molecule is CNC(CC(C)C)c1cc(C(F)(F)F)ccc1Br. The van der Waals surface area contributed by atoms with Gasteiger partial charge in [-0.1, -0.05) is 29.8 Å². The van der Waals surface area contributed by atoms with E-state index in [0.29, 0.717) is 16.0 Å². The zero-order valence-corrected chi connectivity index (χ0v) is 12.2. The molecule has 0 aliphatic rings. The van der Waals surface area contributed by atoms with Crippen LogP contribution < -0.4 is 5.32 Å². The Labute approximate surface area is 114 Å². The number of rotatable bonds is 4. The van der Waals surface area contributed by atoms with Gasteiger partial charge in [0.05, 0.1) is 5.56 Å². The van der Waals surface area contributed by atoms with Gasteiger partial charge in [0, 0.05) is 10.5 Å². The van der Waals surface area contributed by atoms with E-state index in [1.807, 2.05) is 13.8 Å². The van der Waals surface area contributed by atoms with Crippen LogP contribution in [0.4, 0.5) is 13.2 Å². The summed E-state index contributed by atoms with van der Waals surface area (Å²) < 4.78 is 38.8. The van der Waals surface area contributed by atoms with Crippen molar-refractivity contribution in [2.24, 2.45) is 5.92 Å². The summed E-state index contributed by atoms with van der Waals surface area (Å²) in [5.74, 6) is 0.406. The van der Waals surface area contributed by atoms with Gasteiger partial charge in [-0.2, -0.15) is 13.2 Å². The molecule has 1 unspecified atom stereocenters. The summed E-state index contributed by atoms with van der Waals surface area (Å²) in [5, 5.41) is 3.07. The summed E-state index contributed by atoms with van der Waals surface area (Å²) in [7, 11) is 1.76. The van der Waals surface area contributed by atoms with Crippen LogP contribution in [0.1, 0.15) is 37.4 Å². The van der Waals surface area contributed by atoms with Crippen LogP contribution in [0, 0.1) is 5.92 Å². The standard InChI is InChI=1S/C13H17BrF3N/c1-8(2)6-12(18-3)10-7-9(13(15,16)17)4-5-11(10)14/h4-5,7-8,12,18H,6H2,1-3H3. The van der Waals surface area contributed by atoms with E-state index in [9.17, 15) is 13.2 Å². The molecular weight excluding hydrogens is 307 g/mol. The van der Waals surface area contributed by atoms with E-state index in [1.165, 1.54) is 12.1 Å². The summed E-state index contributed by atoms with van der Waals surface area (Å²) in [6.07, 6.45) is -3.51. The van der Waals surface area contributed by atoms with Crippen molar-refractivity contribution in [1.29, 1.82) is 0 Å². The van der Waals surface area contributed by atoms with Gasteiger partial charge in [0.1, 0.15) is 0 Å². The van der Waals surface area contributed by atoms with Crippen LogP contribution in [0.3, 0.4) is 0 Å². The molecule has 0 amide bonds. The van der Waals surface area contributed by atoms with E-state index in [-0.39, 0.29) is 6.04 Å². The van der Waals surface area contributed by atoms with Gasteiger partial charge in [-0.15, -0.1) is 0 Å². The lowest BCUT2D eigenvalue weighted by Crippen LogP contribution is -2.19. The molecule has 1 aromatic carbocycles. The van der Waals surface area contributed by atoms with Crippen molar-refractivity contribution in [2.75, 3.05) is 7.05 Å². The molecule has 0 aliphatic heterocycles. The molecule has 18 heavy (non-hydrogen) atoms. The molecular formula is C13H17BrF3N. The number of hydrogen-bond acceptors (Lipinski definition) is 1. The fourth-order valence-corrected chi connectivity index (χ4v) is 2.38. The molecule has 0 aliphatic carbocycles. The van der Waals surface area contributed by atoms with Crippen molar-refractivity contribution in [1.82, 2.24) is 5.32 Å². The lowest BCUT2D eigenvalue weighted by molar-refractivity contribution is -0.137. The third kappa shape index (κ3) is 3.99. The minimum Gasteiger partial charge on any atom is -0.313 e. The van der Waals surface area contributed by atoms with Crippen molar-refractivity contribution in [2.45, 2.75) is 32.5 Å². The molecule has 102 valence electrons. The van der Waals surface area contributed by atoms with Crippen LogP contribution in [0.25, 0.3) is 0 Å². The summed E-state index contributed by atoms with van der Waals surface area (Å²) in [6.45, 7) is 4.09. The highest BCUT2D eigenvalue weighted by Gasteiger charge is 2.31. The molecule has 0 bridgehead atoms. The fraction of sp³-hybridized carbons (Fsp3) is 0.538. The average molecular weight is 324 g/mol. The predicted molar refractivity (Wildman–Crippen MR) is 70.4 cm³/mol. The zero-order valence-electron chi connectivity index (χ0n) is 10.6. The summed E-state index contributed by atoms with van der Waals surface area (Å²) in [6, 6.07) is 3.69. The zero-order chi connectivity index (χ0) is 13.9. The second-order valence-electron chi connectivity index (χ2n) is 4.70. The predicted octanol–water partition coefficient (Wildman–Crippen LogP) is 4.77. The van der Waals surface area contributed by atoms with Gasteiger partial charge in [0.15, 0.2) is 0 Å². The summed E-state index contributed by atoms with van der Waals surface area (Å²) in [5.41, 5.74) is 0.0470. The van der Waals surface area contributed by atoms with Gasteiger partial charge in [0.25, 0.3) is 0 Å². The van der Waals surface area contributed by atoms with Crippen molar-refractivity contribution in [3.8, 4) is 0 Å². The first-order valence-electron chi connectivity index (χ1n) is 5.79. The largest absolute Gasteiger partial charge is 0.416 e. The molecule has 0 radical (unpaired) electrons. The van der Waals surface area contributed by atoms with Crippen LogP contribution in [0.2, 0.25) is 0 Å². The molecule has 1 rings (SSSR count). The molecule has 1 nitrogen and oxygen atoms in total. The van der Waals surface area contributed by atoms with E-state index in [4.69, 9.17) is 0 Å². The Morgan fingerprint density at radius 1 is 1.28 bits per heavy atom. The Balaban J connectivity index is 3.13.